The largest absolute Gasteiger partial charge is 0.478 e. The van der Waals surface area contributed by atoms with Crippen LogP contribution in [0.2, 0.25) is 0 Å². The molecule has 0 bridgehead atoms. The highest BCUT2D eigenvalue weighted by Gasteiger charge is 2.10. The highest BCUT2D eigenvalue weighted by Crippen LogP contribution is 2.25. The summed E-state index contributed by atoms with van der Waals surface area (Å²) in [6, 6.07) is 9.10. The fraction of sp³-hybridized carbons (Fsp3) is 0. The normalized spacial score (nSPS) is 10.1. The molecule has 0 spiro atoms. The van der Waals surface area contributed by atoms with E-state index >= 15 is 0 Å². The molecule has 0 aliphatic carbocycles. The van der Waals surface area contributed by atoms with Crippen molar-refractivity contribution in [3.05, 3.63) is 60.2 Å². The van der Waals surface area contributed by atoms with E-state index in [1.54, 1.807) is 24.3 Å². The molecule has 0 aromatic heterocycles. The topological polar surface area (TPSA) is 37.3 Å². The molecule has 0 aliphatic heterocycles. The second kappa shape index (κ2) is 4.26. The van der Waals surface area contributed by atoms with Crippen LogP contribution >= 0.6 is 0 Å². The predicted octanol–water partition coefficient (Wildman–Crippen LogP) is 3.82. The molecule has 0 atom stereocenters. The molecule has 2 nitrogen and oxygen atoms in total. The molecule has 0 amide bonds. The Balaban J connectivity index is 2.94. The van der Waals surface area contributed by atoms with E-state index < -0.39 is 5.97 Å². The minimum Gasteiger partial charge on any atom is -0.478 e. The van der Waals surface area contributed by atoms with Gasteiger partial charge in [0, 0.05) is 0 Å². The lowest BCUT2D eigenvalue weighted by Crippen LogP contribution is -1.98. The molecule has 2 rings (SSSR count). The van der Waals surface area contributed by atoms with E-state index in [0.29, 0.717) is 5.56 Å². The summed E-state index contributed by atoms with van der Waals surface area (Å²) >= 11 is 0. The van der Waals surface area contributed by atoms with Crippen molar-refractivity contribution >= 4 is 28.9 Å². The Labute approximate surface area is 99.5 Å². The number of fused-ring (bicyclic) bond motifs is 1. The maximum absolute atomic E-state index is 11.2. The van der Waals surface area contributed by atoms with Gasteiger partial charge in [-0.25, -0.2) is 4.79 Å². The van der Waals surface area contributed by atoms with E-state index in [2.05, 4.69) is 13.2 Å². The minimum atomic E-state index is -0.931. The Morgan fingerprint density at radius 3 is 2.47 bits per heavy atom. The van der Waals surface area contributed by atoms with Gasteiger partial charge < -0.3 is 5.11 Å². The smallest absolute Gasteiger partial charge is 0.336 e. The zero-order valence-corrected chi connectivity index (χ0v) is 9.31. The number of carbonyl (C=O) groups is 1. The Hall–Kier alpha value is -2.35. The van der Waals surface area contributed by atoms with Crippen molar-refractivity contribution < 1.29 is 9.90 Å². The second-order valence-electron chi connectivity index (χ2n) is 3.72. The molecule has 0 aliphatic rings. The van der Waals surface area contributed by atoms with Gasteiger partial charge in [-0.15, -0.1) is 0 Å². The van der Waals surface area contributed by atoms with E-state index in [0.717, 1.165) is 21.9 Å². The Morgan fingerprint density at radius 2 is 1.88 bits per heavy atom. The summed E-state index contributed by atoms with van der Waals surface area (Å²) < 4.78 is 0. The van der Waals surface area contributed by atoms with Crippen molar-refractivity contribution in [2.75, 3.05) is 0 Å². The van der Waals surface area contributed by atoms with E-state index in [-0.39, 0.29) is 0 Å². The predicted molar refractivity (Wildman–Crippen MR) is 71.1 cm³/mol. The molecule has 0 saturated carbocycles. The monoisotopic (exact) mass is 224 g/mol. The standard InChI is InChI=1S/C15H12O2/c1-3-10-8-13-11(4-2)6-5-7-12(13)14(9-10)15(16)17/h3-9H,1-2H2,(H,16,17). The zero-order chi connectivity index (χ0) is 12.4. The summed E-state index contributed by atoms with van der Waals surface area (Å²) in [4.78, 5) is 11.2. The van der Waals surface area contributed by atoms with Crippen LogP contribution in [0.25, 0.3) is 22.9 Å². The van der Waals surface area contributed by atoms with E-state index in [4.69, 9.17) is 0 Å². The molecule has 2 heteroatoms. The van der Waals surface area contributed by atoms with Crippen LogP contribution in [0.15, 0.2) is 43.5 Å². The number of benzene rings is 2. The SMILES string of the molecule is C=Cc1cc(C(=O)O)c2cccc(C=C)c2c1. The highest BCUT2D eigenvalue weighted by atomic mass is 16.4. The van der Waals surface area contributed by atoms with Crippen LogP contribution in [0.4, 0.5) is 0 Å². The number of aromatic carboxylic acids is 1. The molecule has 0 saturated heterocycles. The van der Waals surface area contributed by atoms with Gasteiger partial charge in [0.2, 0.25) is 0 Å². The van der Waals surface area contributed by atoms with Gasteiger partial charge in [-0.3, -0.25) is 0 Å². The van der Waals surface area contributed by atoms with Crippen molar-refractivity contribution in [3.8, 4) is 0 Å². The molecule has 84 valence electrons. The number of hydrogen-bond donors (Lipinski definition) is 1. The number of rotatable bonds is 3. The molecule has 17 heavy (non-hydrogen) atoms. The fourth-order valence-electron chi connectivity index (χ4n) is 1.90. The maximum atomic E-state index is 11.2. The Bertz CT molecular complexity index is 624. The van der Waals surface area contributed by atoms with Crippen LogP contribution in [0.1, 0.15) is 21.5 Å². The third kappa shape index (κ3) is 1.85. The zero-order valence-electron chi connectivity index (χ0n) is 9.31. The molecular formula is C15H12O2. The highest BCUT2D eigenvalue weighted by molar-refractivity contribution is 6.06. The molecule has 0 unspecified atom stereocenters. The molecule has 0 radical (unpaired) electrons. The van der Waals surface area contributed by atoms with Crippen molar-refractivity contribution in [2.24, 2.45) is 0 Å². The molecule has 1 N–H and O–H groups in total. The second-order valence-corrected chi connectivity index (χ2v) is 3.72. The van der Waals surface area contributed by atoms with Crippen LogP contribution in [0.3, 0.4) is 0 Å². The number of carboxylic acid groups (broad SMARTS) is 1. The van der Waals surface area contributed by atoms with E-state index in [1.807, 2.05) is 18.2 Å². The first-order valence-corrected chi connectivity index (χ1v) is 5.22. The summed E-state index contributed by atoms with van der Waals surface area (Å²) in [5, 5.41) is 10.8. The van der Waals surface area contributed by atoms with Crippen LogP contribution < -0.4 is 0 Å². The molecule has 0 heterocycles. The minimum absolute atomic E-state index is 0.293. The van der Waals surface area contributed by atoms with Crippen LogP contribution in [0.5, 0.6) is 0 Å². The third-order valence-electron chi connectivity index (χ3n) is 2.74. The Morgan fingerprint density at radius 1 is 1.12 bits per heavy atom. The Kier molecular flexibility index (Phi) is 2.79. The van der Waals surface area contributed by atoms with Crippen molar-refractivity contribution in [1.29, 1.82) is 0 Å². The summed E-state index contributed by atoms with van der Waals surface area (Å²) in [7, 11) is 0. The van der Waals surface area contributed by atoms with Crippen LogP contribution in [-0.4, -0.2) is 11.1 Å². The van der Waals surface area contributed by atoms with Gasteiger partial charge in [0.05, 0.1) is 5.56 Å². The lowest BCUT2D eigenvalue weighted by Gasteiger charge is -2.07. The fourth-order valence-corrected chi connectivity index (χ4v) is 1.90. The number of carboxylic acids is 1. The third-order valence-corrected chi connectivity index (χ3v) is 2.74. The van der Waals surface area contributed by atoms with E-state index in [1.165, 1.54) is 0 Å². The summed E-state index contributed by atoms with van der Waals surface area (Å²) in [5.41, 5.74) is 2.01. The van der Waals surface area contributed by atoms with Crippen molar-refractivity contribution in [3.63, 3.8) is 0 Å². The molecule has 2 aromatic carbocycles. The van der Waals surface area contributed by atoms with Gasteiger partial charge in [0.15, 0.2) is 0 Å². The van der Waals surface area contributed by atoms with Gasteiger partial charge in [-0.1, -0.05) is 43.5 Å². The summed E-state index contributed by atoms with van der Waals surface area (Å²) in [6.07, 6.45) is 3.37. The molecular weight excluding hydrogens is 212 g/mol. The van der Waals surface area contributed by atoms with Gasteiger partial charge >= 0.3 is 5.97 Å². The average molecular weight is 224 g/mol. The summed E-state index contributed by atoms with van der Waals surface area (Å²) in [6.45, 7) is 7.41. The van der Waals surface area contributed by atoms with Crippen molar-refractivity contribution in [1.82, 2.24) is 0 Å². The average Bonchev–Trinajstić information content (AvgIpc) is 2.36. The lowest BCUT2D eigenvalue weighted by molar-refractivity contribution is 0.0699. The van der Waals surface area contributed by atoms with E-state index in [9.17, 15) is 9.90 Å². The lowest BCUT2D eigenvalue weighted by atomic mass is 9.97. The molecule has 2 aromatic rings. The first-order valence-electron chi connectivity index (χ1n) is 5.22. The number of hydrogen-bond acceptors (Lipinski definition) is 1. The first-order chi connectivity index (χ1) is 8.17. The molecule has 0 fully saturated rings. The quantitative estimate of drug-likeness (QED) is 0.860. The van der Waals surface area contributed by atoms with Gasteiger partial charge in [-0.2, -0.15) is 0 Å². The first kappa shape index (κ1) is 11.1. The van der Waals surface area contributed by atoms with Gasteiger partial charge in [0.1, 0.15) is 0 Å². The maximum Gasteiger partial charge on any atom is 0.336 e. The van der Waals surface area contributed by atoms with Gasteiger partial charge in [-0.05, 0) is 34.0 Å². The summed E-state index contributed by atoms with van der Waals surface area (Å²) in [5.74, 6) is -0.931. The van der Waals surface area contributed by atoms with Crippen LogP contribution in [0, 0.1) is 0 Å². The van der Waals surface area contributed by atoms with Crippen molar-refractivity contribution in [2.45, 2.75) is 0 Å². The van der Waals surface area contributed by atoms with Gasteiger partial charge in [0.25, 0.3) is 0 Å². The van der Waals surface area contributed by atoms with Crippen LogP contribution in [-0.2, 0) is 0 Å².